The van der Waals surface area contributed by atoms with Gasteiger partial charge in [-0.05, 0) is 67.5 Å². The summed E-state index contributed by atoms with van der Waals surface area (Å²) in [7, 11) is 0. The van der Waals surface area contributed by atoms with E-state index in [4.69, 9.17) is 0 Å². The van der Waals surface area contributed by atoms with E-state index in [1.54, 1.807) is 6.07 Å². The minimum atomic E-state index is -4.28. The number of halogens is 3. The van der Waals surface area contributed by atoms with Crippen LogP contribution < -0.4 is 5.32 Å². The molecule has 1 aliphatic carbocycles. The van der Waals surface area contributed by atoms with E-state index in [2.05, 4.69) is 42.6 Å². The van der Waals surface area contributed by atoms with E-state index in [0.717, 1.165) is 37.4 Å². The number of fused-ring (bicyclic) bond motifs is 1. The van der Waals surface area contributed by atoms with E-state index in [-0.39, 0.29) is 13.5 Å². The van der Waals surface area contributed by atoms with E-state index in [1.807, 2.05) is 0 Å². The average Bonchev–Trinajstić information content (AvgIpc) is 2.64. The molecule has 0 radical (unpaired) electrons. The highest BCUT2D eigenvalue weighted by molar-refractivity contribution is 5.60. The first-order valence-corrected chi connectivity index (χ1v) is 9.13. The normalized spacial score (nSPS) is 14.4. The minimum absolute atomic E-state index is 0. The summed E-state index contributed by atoms with van der Waals surface area (Å²) in [6.45, 7) is 2.91. The molecule has 2 aromatic rings. The summed E-state index contributed by atoms with van der Waals surface area (Å²) in [6.07, 6.45) is 3.76. The van der Waals surface area contributed by atoms with Crippen LogP contribution in [-0.2, 0) is 19.0 Å². The van der Waals surface area contributed by atoms with Gasteiger partial charge in [0.25, 0.3) is 0 Å². The Balaban J connectivity index is 0.00000261. The first kappa shape index (κ1) is 21.2. The summed E-state index contributed by atoms with van der Waals surface area (Å²) in [5.74, 6) is 0. The summed E-state index contributed by atoms with van der Waals surface area (Å²) in [4.78, 5) is 0. The zero-order valence-electron chi connectivity index (χ0n) is 14.9. The predicted octanol–water partition coefficient (Wildman–Crippen LogP) is 6.58. The third kappa shape index (κ3) is 5.46. The summed E-state index contributed by atoms with van der Waals surface area (Å²) < 4.78 is 38.3. The molecule has 2 aromatic carbocycles. The lowest BCUT2D eigenvalue weighted by Gasteiger charge is -2.21. The molecule has 4 heteroatoms. The van der Waals surface area contributed by atoms with Gasteiger partial charge in [0.15, 0.2) is 0 Å². The SMILES string of the molecule is C.CC(NCCCc1cccc(C(F)(F)F)c1)c1cccc2c1C=CCC2. The number of hydrogen-bond donors (Lipinski definition) is 1. The Labute approximate surface area is 160 Å². The van der Waals surface area contributed by atoms with E-state index in [0.29, 0.717) is 6.42 Å². The second-order valence-corrected chi connectivity index (χ2v) is 6.84. The molecule has 0 aromatic heterocycles. The van der Waals surface area contributed by atoms with Crippen molar-refractivity contribution in [2.45, 2.75) is 52.3 Å². The maximum Gasteiger partial charge on any atom is 0.416 e. The molecule has 1 aliphatic rings. The Bertz CT molecular complexity index is 777. The van der Waals surface area contributed by atoms with Gasteiger partial charge in [0.05, 0.1) is 5.56 Å². The first-order valence-electron chi connectivity index (χ1n) is 9.13. The number of hydrogen-bond acceptors (Lipinski definition) is 1. The first-order chi connectivity index (χ1) is 12.4. The Morgan fingerprint density at radius 3 is 2.67 bits per heavy atom. The molecule has 0 saturated heterocycles. The molecule has 1 N–H and O–H groups in total. The quantitative estimate of drug-likeness (QED) is 0.562. The van der Waals surface area contributed by atoms with Crippen molar-refractivity contribution in [1.29, 1.82) is 0 Å². The second-order valence-electron chi connectivity index (χ2n) is 6.84. The van der Waals surface area contributed by atoms with Crippen LogP contribution in [0.4, 0.5) is 13.2 Å². The van der Waals surface area contributed by atoms with Gasteiger partial charge in [0.1, 0.15) is 0 Å². The molecule has 27 heavy (non-hydrogen) atoms. The Morgan fingerprint density at radius 1 is 1.11 bits per heavy atom. The molecule has 1 nitrogen and oxygen atoms in total. The lowest BCUT2D eigenvalue weighted by molar-refractivity contribution is -0.137. The standard InChI is InChI=1S/C22H24F3N.CH4/c1-16(20-13-5-10-18-9-2-3-12-21(18)20)26-14-6-8-17-7-4-11-19(15-17)22(23,24)25;/h3-5,7,10-13,15-16,26H,2,6,8-9,14H2,1H3;1H4. The van der Waals surface area contributed by atoms with Crippen molar-refractivity contribution in [3.8, 4) is 0 Å². The van der Waals surface area contributed by atoms with E-state index >= 15 is 0 Å². The fourth-order valence-corrected chi connectivity index (χ4v) is 3.50. The molecule has 146 valence electrons. The summed E-state index contributed by atoms with van der Waals surface area (Å²) in [5.41, 5.74) is 4.16. The van der Waals surface area contributed by atoms with Crippen LogP contribution in [0.1, 0.15) is 61.1 Å². The van der Waals surface area contributed by atoms with E-state index in [1.165, 1.54) is 28.8 Å². The van der Waals surface area contributed by atoms with Gasteiger partial charge in [-0.25, -0.2) is 0 Å². The number of nitrogens with one attached hydrogen (secondary N) is 1. The fraction of sp³-hybridized carbons (Fsp3) is 0.391. The van der Waals surface area contributed by atoms with Crippen LogP contribution in [0.5, 0.6) is 0 Å². The Kier molecular flexibility index (Phi) is 7.25. The molecule has 0 spiro atoms. The number of allylic oxidation sites excluding steroid dienone is 1. The van der Waals surface area contributed by atoms with Gasteiger partial charge in [0.2, 0.25) is 0 Å². The Hall–Kier alpha value is -2.07. The van der Waals surface area contributed by atoms with Gasteiger partial charge in [-0.3, -0.25) is 0 Å². The summed E-state index contributed by atoms with van der Waals surface area (Å²) in [5, 5.41) is 3.51. The molecule has 1 unspecified atom stereocenters. The summed E-state index contributed by atoms with van der Waals surface area (Å²) >= 11 is 0. The summed E-state index contributed by atoms with van der Waals surface area (Å²) in [6, 6.07) is 12.3. The molecular formula is C23H28F3N. The molecule has 0 saturated carbocycles. The molecular weight excluding hydrogens is 347 g/mol. The third-order valence-corrected chi connectivity index (χ3v) is 4.91. The van der Waals surface area contributed by atoms with Crippen molar-refractivity contribution in [2.24, 2.45) is 0 Å². The average molecular weight is 375 g/mol. The van der Waals surface area contributed by atoms with Crippen LogP contribution in [0.2, 0.25) is 0 Å². The Morgan fingerprint density at radius 2 is 1.89 bits per heavy atom. The predicted molar refractivity (Wildman–Crippen MR) is 107 cm³/mol. The van der Waals surface area contributed by atoms with Gasteiger partial charge in [0, 0.05) is 6.04 Å². The smallest absolute Gasteiger partial charge is 0.310 e. The lowest BCUT2D eigenvalue weighted by Crippen LogP contribution is -2.21. The van der Waals surface area contributed by atoms with Crippen molar-refractivity contribution in [2.75, 3.05) is 6.54 Å². The molecule has 1 atom stereocenters. The zero-order valence-corrected chi connectivity index (χ0v) is 14.9. The molecule has 0 aliphatic heterocycles. The van der Waals surface area contributed by atoms with Crippen molar-refractivity contribution in [3.63, 3.8) is 0 Å². The van der Waals surface area contributed by atoms with E-state index in [9.17, 15) is 13.2 Å². The van der Waals surface area contributed by atoms with Crippen LogP contribution in [0.15, 0.2) is 48.5 Å². The molecule has 0 bridgehead atoms. The van der Waals surface area contributed by atoms with Crippen molar-refractivity contribution in [3.05, 3.63) is 76.4 Å². The molecule has 3 rings (SSSR count). The number of aryl methyl sites for hydroxylation is 2. The molecule has 0 fully saturated rings. The van der Waals surface area contributed by atoms with Gasteiger partial charge >= 0.3 is 6.18 Å². The monoisotopic (exact) mass is 375 g/mol. The van der Waals surface area contributed by atoms with Crippen LogP contribution in [0.25, 0.3) is 6.08 Å². The van der Waals surface area contributed by atoms with Crippen LogP contribution in [0, 0.1) is 0 Å². The molecule has 0 heterocycles. The maximum atomic E-state index is 12.8. The highest BCUT2D eigenvalue weighted by Gasteiger charge is 2.30. The van der Waals surface area contributed by atoms with Crippen LogP contribution in [-0.4, -0.2) is 6.54 Å². The van der Waals surface area contributed by atoms with Gasteiger partial charge in [-0.1, -0.05) is 56.0 Å². The highest BCUT2D eigenvalue weighted by Crippen LogP contribution is 2.30. The number of alkyl halides is 3. The third-order valence-electron chi connectivity index (χ3n) is 4.91. The van der Waals surface area contributed by atoms with E-state index < -0.39 is 11.7 Å². The second kappa shape index (κ2) is 9.23. The van der Waals surface area contributed by atoms with Gasteiger partial charge in [-0.15, -0.1) is 0 Å². The van der Waals surface area contributed by atoms with Crippen molar-refractivity contribution >= 4 is 6.08 Å². The van der Waals surface area contributed by atoms with Gasteiger partial charge in [-0.2, -0.15) is 13.2 Å². The zero-order chi connectivity index (χ0) is 18.6. The minimum Gasteiger partial charge on any atom is -0.310 e. The highest BCUT2D eigenvalue weighted by atomic mass is 19.4. The van der Waals surface area contributed by atoms with Crippen LogP contribution >= 0.6 is 0 Å². The lowest BCUT2D eigenvalue weighted by atomic mass is 9.90. The van der Waals surface area contributed by atoms with Crippen molar-refractivity contribution < 1.29 is 13.2 Å². The van der Waals surface area contributed by atoms with Crippen LogP contribution in [0.3, 0.4) is 0 Å². The van der Waals surface area contributed by atoms with Crippen molar-refractivity contribution in [1.82, 2.24) is 5.32 Å². The largest absolute Gasteiger partial charge is 0.416 e. The maximum absolute atomic E-state index is 12.8. The topological polar surface area (TPSA) is 12.0 Å². The number of rotatable bonds is 6. The fourth-order valence-electron chi connectivity index (χ4n) is 3.50. The number of benzene rings is 2. The molecule has 0 amide bonds. The van der Waals surface area contributed by atoms with Gasteiger partial charge < -0.3 is 5.32 Å².